The van der Waals surface area contributed by atoms with Crippen molar-refractivity contribution in [1.29, 1.82) is 0 Å². The minimum atomic E-state index is -0.586. The molecule has 2 fully saturated rings. The van der Waals surface area contributed by atoms with E-state index in [1.54, 1.807) is 4.90 Å². The van der Waals surface area contributed by atoms with Gasteiger partial charge in [0.15, 0.2) is 0 Å². The molecule has 0 radical (unpaired) electrons. The standard InChI is InChI=1S/C18H20N4O4/c23-16-2-1-13(17(24)20-16)22-8-10-5-14-15(6-12(10)18(22)25)26-9-11-7-19-3-4-21(11)14/h5-6,11,13,19H,1-4,7-9H2,(H,20,23,24)/t11?,13-/m1/s1. The minimum Gasteiger partial charge on any atom is -0.489 e. The predicted octanol–water partition coefficient (Wildman–Crippen LogP) is -0.382. The van der Waals surface area contributed by atoms with Gasteiger partial charge in [0.05, 0.1) is 11.7 Å². The van der Waals surface area contributed by atoms with Crippen LogP contribution in [0.3, 0.4) is 0 Å². The summed E-state index contributed by atoms with van der Waals surface area (Å²) in [7, 11) is 0. The van der Waals surface area contributed by atoms with Crippen molar-refractivity contribution in [3.05, 3.63) is 23.3 Å². The van der Waals surface area contributed by atoms with Crippen molar-refractivity contribution in [2.75, 3.05) is 31.1 Å². The number of piperazine rings is 1. The number of amides is 3. The molecule has 5 rings (SSSR count). The maximum absolute atomic E-state index is 12.9. The Morgan fingerprint density at radius 3 is 2.88 bits per heavy atom. The largest absolute Gasteiger partial charge is 0.489 e. The van der Waals surface area contributed by atoms with E-state index in [2.05, 4.69) is 15.5 Å². The van der Waals surface area contributed by atoms with Crippen LogP contribution < -0.4 is 20.3 Å². The lowest BCUT2D eigenvalue weighted by Gasteiger charge is -2.42. The van der Waals surface area contributed by atoms with Gasteiger partial charge in [-0.2, -0.15) is 0 Å². The zero-order chi connectivity index (χ0) is 17.8. The Hall–Kier alpha value is -2.61. The second-order valence-corrected chi connectivity index (χ2v) is 7.24. The van der Waals surface area contributed by atoms with E-state index in [9.17, 15) is 14.4 Å². The molecule has 26 heavy (non-hydrogen) atoms. The number of anilines is 1. The van der Waals surface area contributed by atoms with Crippen molar-refractivity contribution in [2.45, 2.75) is 31.5 Å². The molecule has 8 heteroatoms. The molecule has 4 heterocycles. The molecule has 0 bridgehead atoms. The van der Waals surface area contributed by atoms with E-state index < -0.39 is 6.04 Å². The third-order valence-corrected chi connectivity index (χ3v) is 5.69. The van der Waals surface area contributed by atoms with Gasteiger partial charge in [-0.05, 0) is 24.1 Å². The van der Waals surface area contributed by atoms with Crippen molar-refractivity contribution in [2.24, 2.45) is 0 Å². The maximum Gasteiger partial charge on any atom is 0.255 e. The van der Waals surface area contributed by atoms with Crippen molar-refractivity contribution in [1.82, 2.24) is 15.5 Å². The summed E-state index contributed by atoms with van der Waals surface area (Å²) in [6.07, 6.45) is 0.638. The molecule has 0 spiro atoms. The van der Waals surface area contributed by atoms with Gasteiger partial charge in [-0.3, -0.25) is 19.7 Å². The van der Waals surface area contributed by atoms with Crippen molar-refractivity contribution >= 4 is 23.4 Å². The highest BCUT2D eigenvalue weighted by molar-refractivity contribution is 6.05. The van der Waals surface area contributed by atoms with Crippen LogP contribution in [0.5, 0.6) is 5.75 Å². The Balaban J connectivity index is 1.46. The van der Waals surface area contributed by atoms with E-state index >= 15 is 0 Å². The number of fused-ring (bicyclic) bond motifs is 4. The zero-order valence-corrected chi connectivity index (χ0v) is 14.3. The molecule has 2 N–H and O–H groups in total. The Kier molecular flexibility index (Phi) is 3.43. The number of rotatable bonds is 1. The fraction of sp³-hybridized carbons (Fsp3) is 0.500. The molecular weight excluding hydrogens is 336 g/mol. The van der Waals surface area contributed by atoms with Crippen molar-refractivity contribution in [3.63, 3.8) is 0 Å². The van der Waals surface area contributed by atoms with Crippen LogP contribution >= 0.6 is 0 Å². The Labute approximate surface area is 150 Å². The first-order valence-corrected chi connectivity index (χ1v) is 9.03. The fourth-order valence-corrected chi connectivity index (χ4v) is 4.34. The van der Waals surface area contributed by atoms with Crippen molar-refractivity contribution < 1.29 is 19.1 Å². The van der Waals surface area contributed by atoms with E-state index in [0.29, 0.717) is 31.2 Å². The third-order valence-electron chi connectivity index (χ3n) is 5.69. The summed E-state index contributed by atoms with van der Waals surface area (Å²) in [5.41, 5.74) is 2.54. The Bertz CT molecular complexity index is 824. The predicted molar refractivity (Wildman–Crippen MR) is 92.0 cm³/mol. The van der Waals surface area contributed by atoms with Gasteiger partial charge in [0, 0.05) is 38.2 Å². The van der Waals surface area contributed by atoms with Crippen molar-refractivity contribution in [3.8, 4) is 5.75 Å². The molecule has 2 atom stereocenters. The highest BCUT2D eigenvalue weighted by Gasteiger charge is 2.40. The Morgan fingerprint density at radius 2 is 2.04 bits per heavy atom. The summed E-state index contributed by atoms with van der Waals surface area (Å²) in [5, 5.41) is 5.71. The fourth-order valence-electron chi connectivity index (χ4n) is 4.34. The Morgan fingerprint density at radius 1 is 1.15 bits per heavy atom. The first-order chi connectivity index (χ1) is 12.6. The third kappa shape index (κ3) is 2.28. The molecule has 0 saturated carbocycles. The SMILES string of the molecule is O=C1CC[C@@H](N2Cc3cc4c(cc3C2=O)OCC2CNCCN42)C(=O)N1. The summed E-state index contributed by atoms with van der Waals surface area (Å²) in [6.45, 7) is 3.71. The van der Waals surface area contributed by atoms with Gasteiger partial charge in [-0.15, -0.1) is 0 Å². The summed E-state index contributed by atoms with van der Waals surface area (Å²) in [4.78, 5) is 40.3. The van der Waals surface area contributed by atoms with Crippen LogP contribution in [-0.2, 0) is 16.1 Å². The number of carbonyl (C=O) groups excluding carboxylic acids is 3. The van der Waals surface area contributed by atoms with Gasteiger partial charge in [0.25, 0.3) is 5.91 Å². The zero-order valence-electron chi connectivity index (χ0n) is 14.3. The number of benzene rings is 1. The first-order valence-electron chi connectivity index (χ1n) is 9.03. The smallest absolute Gasteiger partial charge is 0.255 e. The van der Waals surface area contributed by atoms with Crippen LogP contribution in [0, 0.1) is 0 Å². The van der Waals surface area contributed by atoms with E-state index in [1.807, 2.05) is 12.1 Å². The molecule has 0 aliphatic carbocycles. The summed E-state index contributed by atoms with van der Waals surface area (Å²) < 4.78 is 5.91. The van der Waals surface area contributed by atoms with Gasteiger partial charge in [0.2, 0.25) is 11.8 Å². The van der Waals surface area contributed by atoms with Gasteiger partial charge in [-0.25, -0.2) is 0 Å². The number of ether oxygens (including phenoxy) is 1. The number of nitrogens with one attached hydrogen (secondary N) is 2. The number of hydrogen-bond donors (Lipinski definition) is 2. The molecule has 0 aromatic heterocycles. The van der Waals surface area contributed by atoms with Crippen LogP contribution in [0.4, 0.5) is 5.69 Å². The second kappa shape index (κ2) is 5.70. The number of imide groups is 1. The van der Waals surface area contributed by atoms with Crippen LogP contribution in [-0.4, -0.2) is 60.9 Å². The van der Waals surface area contributed by atoms with E-state index in [0.717, 1.165) is 36.6 Å². The van der Waals surface area contributed by atoms with Crippen LogP contribution in [0.1, 0.15) is 28.8 Å². The monoisotopic (exact) mass is 356 g/mol. The normalized spacial score (nSPS) is 27.5. The highest BCUT2D eigenvalue weighted by Crippen LogP contribution is 2.40. The van der Waals surface area contributed by atoms with Crippen LogP contribution in [0.2, 0.25) is 0 Å². The lowest BCUT2D eigenvalue weighted by atomic mass is 10.0. The topological polar surface area (TPSA) is 91.0 Å². The average Bonchev–Trinajstić information content (AvgIpc) is 2.96. The average molecular weight is 356 g/mol. The molecule has 1 aromatic carbocycles. The summed E-state index contributed by atoms with van der Waals surface area (Å²) in [5.74, 6) is -0.0849. The number of piperidine rings is 1. The lowest BCUT2D eigenvalue weighted by molar-refractivity contribution is -0.136. The van der Waals surface area contributed by atoms with Gasteiger partial charge in [0.1, 0.15) is 18.4 Å². The molecular formula is C18H20N4O4. The summed E-state index contributed by atoms with van der Waals surface area (Å²) in [6, 6.07) is 3.57. The second-order valence-electron chi connectivity index (χ2n) is 7.24. The molecule has 1 unspecified atom stereocenters. The molecule has 4 aliphatic rings. The number of hydrogen-bond acceptors (Lipinski definition) is 6. The van der Waals surface area contributed by atoms with Gasteiger partial charge >= 0.3 is 0 Å². The maximum atomic E-state index is 12.9. The van der Waals surface area contributed by atoms with Gasteiger partial charge in [-0.1, -0.05) is 0 Å². The van der Waals surface area contributed by atoms with Gasteiger partial charge < -0.3 is 19.9 Å². The van der Waals surface area contributed by atoms with E-state index in [-0.39, 0.29) is 24.1 Å². The number of carbonyl (C=O) groups is 3. The summed E-state index contributed by atoms with van der Waals surface area (Å²) >= 11 is 0. The molecule has 136 valence electrons. The first kappa shape index (κ1) is 15.6. The molecule has 1 aromatic rings. The lowest BCUT2D eigenvalue weighted by Crippen LogP contribution is -2.55. The molecule has 8 nitrogen and oxygen atoms in total. The highest BCUT2D eigenvalue weighted by atomic mass is 16.5. The molecule has 2 saturated heterocycles. The number of nitrogens with zero attached hydrogens (tertiary/aromatic N) is 2. The van der Waals surface area contributed by atoms with Crippen LogP contribution in [0.25, 0.3) is 0 Å². The molecule has 3 amide bonds. The van der Waals surface area contributed by atoms with E-state index in [1.165, 1.54) is 0 Å². The molecule has 4 aliphatic heterocycles. The van der Waals surface area contributed by atoms with E-state index in [4.69, 9.17) is 4.74 Å². The van der Waals surface area contributed by atoms with Crippen LogP contribution in [0.15, 0.2) is 12.1 Å². The quantitative estimate of drug-likeness (QED) is 0.667. The minimum absolute atomic E-state index is 0.164.